The summed E-state index contributed by atoms with van der Waals surface area (Å²) in [7, 11) is 3.29. The lowest BCUT2D eigenvalue weighted by Gasteiger charge is -2.04. The Hall–Kier alpha value is -1.81. The molecule has 8 nitrogen and oxygen atoms in total. The summed E-state index contributed by atoms with van der Waals surface area (Å²) in [4.78, 5) is 10.7. The van der Waals surface area contributed by atoms with Gasteiger partial charge in [0, 0.05) is 26.7 Å². The first-order valence-electron chi connectivity index (χ1n) is 5.23. The first kappa shape index (κ1) is 17.2. The fourth-order valence-corrected chi connectivity index (χ4v) is 0.927. The molecule has 106 valence electrons. The Morgan fingerprint density at radius 2 is 1.79 bits per heavy atom. The van der Waals surface area contributed by atoms with Crippen LogP contribution >= 0.6 is 24.4 Å². The molecule has 0 saturated carbocycles. The van der Waals surface area contributed by atoms with Crippen molar-refractivity contribution in [2.75, 3.05) is 14.1 Å². The maximum atomic E-state index is 10.7. The van der Waals surface area contributed by atoms with Crippen molar-refractivity contribution in [3.05, 3.63) is 0 Å². The highest BCUT2D eigenvalue weighted by Crippen LogP contribution is 1.91. The molecule has 0 radical (unpaired) electrons. The summed E-state index contributed by atoms with van der Waals surface area (Å²) in [5.74, 6) is -0.983. The van der Waals surface area contributed by atoms with Gasteiger partial charge in [-0.05, 0) is 24.4 Å². The fourth-order valence-electron chi connectivity index (χ4n) is 0.829. The van der Waals surface area contributed by atoms with Crippen LogP contribution in [0.5, 0.6) is 0 Å². The van der Waals surface area contributed by atoms with E-state index in [4.69, 9.17) is 29.5 Å². The predicted octanol–water partition coefficient (Wildman–Crippen LogP) is -0.619. The number of rotatable bonds is 6. The fraction of sp³-hybridized carbons (Fsp3) is 0.444. The molecule has 0 atom stereocenters. The van der Waals surface area contributed by atoms with E-state index in [0.717, 1.165) is 0 Å². The van der Waals surface area contributed by atoms with Crippen molar-refractivity contribution < 1.29 is 9.90 Å². The van der Waals surface area contributed by atoms with Gasteiger partial charge in [0.05, 0.1) is 12.1 Å². The minimum Gasteiger partial charge on any atom is -0.481 e. The molecule has 0 aromatic carbocycles. The first-order valence-corrected chi connectivity index (χ1v) is 6.05. The number of carboxylic acid groups (broad SMARTS) is 1. The summed E-state index contributed by atoms with van der Waals surface area (Å²) in [6.07, 6.45) is 1.52. The second-order valence-corrected chi connectivity index (χ2v) is 3.96. The van der Waals surface area contributed by atoms with Crippen LogP contribution in [0.2, 0.25) is 0 Å². The van der Waals surface area contributed by atoms with Gasteiger partial charge in [-0.15, -0.1) is 0 Å². The van der Waals surface area contributed by atoms with E-state index in [1.54, 1.807) is 14.1 Å². The van der Waals surface area contributed by atoms with Gasteiger partial charge in [-0.25, -0.2) is 0 Å². The second-order valence-electron chi connectivity index (χ2n) is 3.15. The van der Waals surface area contributed by atoms with Gasteiger partial charge in [-0.2, -0.15) is 10.2 Å². The molecule has 0 aromatic rings. The predicted molar refractivity (Wildman–Crippen MR) is 82.4 cm³/mol. The van der Waals surface area contributed by atoms with Gasteiger partial charge in [0.15, 0.2) is 10.2 Å². The highest BCUT2D eigenvalue weighted by molar-refractivity contribution is 7.80. The van der Waals surface area contributed by atoms with Crippen molar-refractivity contribution in [1.29, 1.82) is 0 Å². The summed E-state index contributed by atoms with van der Waals surface area (Å²) < 4.78 is 0. The number of aliphatic carboxylic acids is 1. The van der Waals surface area contributed by atoms with Crippen LogP contribution in [-0.2, 0) is 4.79 Å². The van der Waals surface area contributed by atoms with E-state index in [2.05, 4.69) is 31.7 Å². The van der Waals surface area contributed by atoms with Gasteiger partial charge in [0.25, 0.3) is 0 Å². The van der Waals surface area contributed by atoms with Crippen LogP contribution in [0.25, 0.3) is 0 Å². The summed E-state index contributed by atoms with van der Waals surface area (Å²) in [6.45, 7) is 0. The average molecular weight is 304 g/mol. The monoisotopic (exact) mass is 304 g/mol. The van der Waals surface area contributed by atoms with Crippen LogP contribution in [-0.4, -0.2) is 47.3 Å². The zero-order valence-corrected chi connectivity index (χ0v) is 12.2. The van der Waals surface area contributed by atoms with Crippen LogP contribution < -0.4 is 21.5 Å². The number of carbonyl (C=O) groups is 1. The highest BCUT2D eigenvalue weighted by atomic mass is 32.1. The van der Waals surface area contributed by atoms with E-state index in [-0.39, 0.29) is 12.8 Å². The van der Waals surface area contributed by atoms with Crippen molar-refractivity contribution in [3.63, 3.8) is 0 Å². The van der Waals surface area contributed by atoms with Gasteiger partial charge >= 0.3 is 5.97 Å². The van der Waals surface area contributed by atoms with E-state index in [9.17, 15) is 4.79 Å². The number of hydrogen-bond acceptors (Lipinski definition) is 5. The van der Waals surface area contributed by atoms with Gasteiger partial charge in [0.2, 0.25) is 0 Å². The summed E-state index contributed by atoms with van der Waals surface area (Å²) >= 11 is 9.63. The number of carboxylic acids is 1. The quantitative estimate of drug-likeness (QED) is 0.251. The Morgan fingerprint density at radius 1 is 1.21 bits per heavy atom. The number of thiocarbonyl (C=S) groups is 2. The molecule has 0 bridgehead atoms. The Morgan fingerprint density at radius 3 is 2.32 bits per heavy atom. The second kappa shape index (κ2) is 10.1. The molecule has 0 aliphatic rings. The highest BCUT2D eigenvalue weighted by Gasteiger charge is 2.05. The maximum absolute atomic E-state index is 10.7. The van der Waals surface area contributed by atoms with E-state index in [1.165, 1.54) is 6.21 Å². The molecular weight excluding hydrogens is 288 g/mol. The number of hydrogen-bond donors (Lipinski definition) is 5. The van der Waals surface area contributed by atoms with Crippen molar-refractivity contribution >= 4 is 52.6 Å². The van der Waals surface area contributed by atoms with Gasteiger partial charge in [0.1, 0.15) is 0 Å². The SMILES string of the molecule is CNC(=S)NN=CCC(CC(=O)O)=NNC(=S)NC. The third-order valence-electron chi connectivity index (χ3n) is 1.71. The molecule has 19 heavy (non-hydrogen) atoms. The molecule has 10 heteroatoms. The van der Waals surface area contributed by atoms with E-state index < -0.39 is 5.97 Å². The van der Waals surface area contributed by atoms with Crippen LogP contribution in [0, 0.1) is 0 Å². The molecule has 0 amide bonds. The Bertz CT molecular complexity index is 396. The standard InChI is InChI=1S/C9H16N6O2S2/c1-10-8(18)14-12-4-3-6(5-7(16)17)13-15-9(19)11-2/h4H,3,5H2,1-2H3,(H,16,17)(H2,10,14,18)(H2,11,15,19). The Kier molecular flexibility index (Phi) is 9.18. The minimum atomic E-state index is -0.983. The van der Waals surface area contributed by atoms with E-state index >= 15 is 0 Å². The molecule has 0 saturated heterocycles. The number of hydrazone groups is 2. The molecule has 0 spiro atoms. The summed E-state index contributed by atoms with van der Waals surface area (Å²) in [5.41, 5.74) is 5.45. The van der Waals surface area contributed by atoms with E-state index in [1.807, 2.05) is 0 Å². The lowest BCUT2D eigenvalue weighted by molar-refractivity contribution is -0.135. The molecule has 0 heterocycles. The molecule has 0 aromatic heterocycles. The van der Waals surface area contributed by atoms with E-state index in [0.29, 0.717) is 15.9 Å². The maximum Gasteiger partial charge on any atom is 0.309 e. The topological polar surface area (TPSA) is 110 Å². The molecular formula is C9H16N6O2S2. The van der Waals surface area contributed by atoms with Crippen LogP contribution in [0.3, 0.4) is 0 Å². The average Bonchev–Trinajstić information content (AvgIpc) is 2.39. The number of nitrogens with zero attached hydrogens (tertiary/aromatic N) is 2. The van der Waals surface area contributed by atoms with Crippen LogP contribution in [0.1, 0.15) is 12.8 Å². The lowest BCUT2D eigenvalue weighted by Crippen LogP contribution is -2.30. The molecule has 0 fully saturated rings. The van der Waals surface area contributed by atoms with Crippen molar-refractivity contribution in [2.45, 2.75) is 12.8 Å². The zero-order valence-electron chi connectivity index (χ0n) is 10.6. The molecule has 0 unspecified atom stereocenters. The molecule has 0 rings (SSSR count). The van der Waals surface area contributed by atoms with Crippen molar-refractivity contribution in [1.82, 2.24) is 21.5 Å². The Labute approximate surface area is 121 Å². The number of nitrogens with one attached hydrogen (secondary N) is 4. The smallest absolute Gasteiger partial charge is 0.309 e. The Balaban J connectivity index is 4.38. The lowest BCUT2D eigenvalue weighted by atomic mass is 10.2. The van der Waals surface area contributed by atoms with Gasteiger partial charge < -0.3 is 15.7 Å². The zero-order chi connectivity index (χ0) is 14.7. The summed E-state index contributed by atoms with van der Waals surface area (Å²) in [5, 5.41) is 22.4. The van der Waals surface area contributed by atoms with Gasteiger partial charge in [-0.1, -0.05) is 0 Å². The van der Waals surface area contributed by atoms with Crippen LogP contribution in [0.15, 0.2) is 10.2 Å². The van der Waals surface area contributed by atoms with Gasteiger partial charge in [-0.3, -0.25) is 15.6 Å². The molecule has 0 aliphatic heterocycles. The minimum absolute atomic E-state index is 0.207. The molecule has 5 N–H and O–H groups in total. The third kappa shape index (κ3) is 9.85. The van der Waals surface area contributed by atoms with Crippen molar-refractivity contribution in [2.24, 2.45) is 10.2 Å². The largest absolute Gasteiger partial charge is 0.481 e. The first-order chi connectivity index (χ1) is 8.99. The molecule has 0 aliphatic carbocycles. The summed E-state index contributed by atoms with van der Waals surface area (Å²) in [6, 6.07) is 0. The third-order valence-corrected chi connectivity index (χ3v) is 2.30. The van der Waals surface area contributed by atoms with Crippen molar-refractivity contribution in [3.8, 4) is 0 Å². The normalized spacial score (nSPS) is 10.9. The van der Waals surface area contributed by atoms with Crippen LogP contribution in [0.4, 0.5) is 0 Å².